The fraction of sp³-hybridized carbons (Fsp3) is 0.429. The maximum Gasteiger partial charge on any atom is 0.343 e. The molecule has 0 aliphatic carbocycles. The summed E-state index contributed by atoms with van der Waals surface area (Å²) in [7, 11) is 0. The van der Waals surface area contributed by atoms with Crippen LogP contribution in [0.2, 0.25) is 5.02 Å². The number of nitrogens with one attached hydrogen (secondary N) is 2. The summed E-state index contributed by atoms with van der Waals surface area (Å²) in [5.74, 6) is 0. The smallest absolute Gasteiger partial charge is 0.313 e. The fourth-order valence-corrected chi connectivity index (χ4v) is 3.30. The van der Waals surface area contributed by atoms with Crippen molar-refractivity contribution in [1.29, 1.82) is 0 Å². The Morgan fingerprint density at radius 3 is 2.95 bits per heavy atom. The summed E-state index contributed by atoms with van der Waals surface area (Å²) in [6, 6.07) is 5.83. The monoisotopic (exact) mass is 326 g/mol. The lowest BCUT2D eigenvalue weighted by Crippen LogP contribution is -2.16. The molecule has 0 radical (unpaired) electrons. The molecule has 0 unspecified atom stereocenters. The highest BCUT2D eigenvalue weighted by molar-refractivity contribution is 7.99. The number of aromatic nitrogens is 3. The quantitative estimate of drug-likeness (QED) is 0.768. The van der Waals surface area contributed by atoms with E-state index in [1.54, 1.807) is 4.57 Å². The molecule has 2 N–H and O–H groups in total. The first-order valence-corrected chi connectivity index (χ1v) is 8.18. The highest BCUT2D eigenvalue weighted by Crippen LogP contribution is 2.34. The van der Waals surface area contributed by atoms with Crippen LogP contribution < -0.4 is 11.0 Å². The van der Waals surface area contributed by atoms with Crippen LogP contribution in [0.25, 0.3) is 0 Å². The average molecular weight is 327 g/mol. The zero-order valence-electron chi connectivity index (χ0n) is 12.1. The second-order valence-electron chi connectivity index (χ2n) is 4.56. The topological polar surface area (TPSA) is 62.7 Å². The third-order valence-corrected chi connectivity index (χ3v) is 4.63. The van der Waals surface area contributed by atoms with Crippen LogP contribution in [0.3, 0.4) is 0 Å². The Bertz CT molecular complexity index is 653. The fourth-order valence-electron chi connectivity index (χ4n) is 1.96. The number of benzene rings is 1. The standard InChI is InChI=1S/C14H19ClN4OS/c1-3-8-16-9-10-6-5-7-11(15)12(10)21-14-18-17-13(20)19(14)4-2/h5-7,16H,3-4,8-9H2,1-2H3,(H,17,20). The van der Waals surface area contributed by atoms with Gasteiger partial charge in [-0.15, -0.1) is 5.10 Å². The molecule has 7 heteroatoms. The van der Waals surface area contributed by atoms with Crippen molar-refractivity contribution in [3.8, 4) is 0 Å². The molecule has 0 saturated heterocycles. The summed E-state index contributed by atoms with van der Waals surface area (Å²) in [4.78, 5) is 12.6. The van der Waals surface area contributed by atoms with Crippen LogP contribution in [-0.4, -0.2) is 21.3 Å². The van der Waals surface area contributed by atoms with E-state index in [-0.39, 0.29) is 5.69 Å². The molecule has 0 amide bonds. The molecule has 2 rings (SSSR count). The van der Waals surface area contributed by atoms with Gasteiger partial charge in [-0.2, -0.15) is 0 Å². The molecule has 1 aromatic heterocycles. The van der Waals surface area contributed by atoms with E-state index in [9.17, 15) is 4.79 Å². The minimum absolute atomic E-state index is 0.197. The summed E-state index contributed by atoms with van der Waals surface area (Å²) in [5, 5.41) is 11.2. The highest BCUT2D eigenvalue weighted by Gasteiger charge is 2.14. The molecule has 0 aliphatic rings. The van der Waals surface area contributed by atoms with E-state index in [4.69, 9.17) is 11.6 Å². The van der Waals surface area contributed by atoms with E-state index in [1.807, 2.05) is 25.1 Å². The number of H-pyrrole nitrogens is 1. The molecule has 5 nitrogen and oxygen atoms in total. The predicted octanol–water partition coefficient (Wildman–Crippen LogP) is 2.90. The van der Waals surface area contributed by atoms with Gasteiger partial charge in [0.15, 0.2) is 5.16 Å². The van der Waals surface area contributed by atoms with E-state index in [0.29, 0.717) is 16.7 Å². The molecular formula is C14H19ClN4OS. The van der Waals surface area contributed by atoms with Gasteiger partial charge in [0.2, 0.25) is 0 Å². The summed E-state index contributed by atoms with van der Waals surface area (Å²) in [5.41, 5.74) is 0.914. The molecule has 0 atom stereocenters. The van der Waals surface area contributed by atoms with Crippen molar-refractivity contribution in [2.75, 3.05) is 6.54 Å². The molecule has 114 valence electrons. The first-order chi connectivity index (χ1) is 10.2. The van der Waals surface area contributed by atoms with Gasteiger partial charge >= 0.3 is 5.69 Å². The third kappa shape index (κ3) is 3.90. The first kappa shape index (κ1) is 16.1. The van der Waals surface area contributed by atoms with Crippen molar-refractivity contribution in [2.24, 2.45) is 0 Å². The molecule has 1 aromatic carbocycles. The number of halogens is 1. The first-order valence-electron chi connectivity index (χ1n) is 6.98. The van der Waals surface area contributed by atoms with Gasteiger partial charge < -0.3 is 5.32 Å². The minimum atomic E-state index is -0.197. The molecule has 0 saturated carbocycles. The number of hydrogen-bond donors (Lipinski definition) is 2. The number of nitrogens with zero attached hydrogens (tertiary/aromatic N) is 2. The summed E-state index contributed by atoms with van der Waals surface area (Å²) < 4.78 is 1.59. The lowest BCUT2D eigenvalue weighted by Gasteiger charge is -2.11. The van der Waals surface area contributed by atoms with Crippen molar-refractivity contribution in [3.05, 3.63) is 39.3 Å². The van der Waals surface area contributed by atoms with Gasteiger partial charge in [-0.25, -0.2) is 9.89 Å². The van der Waals surface area contributed by atoms with Crippen LogP contribution in [0.1, 0.15) is 25.8 Å². The lowest BCUT2D eigenvalue weighted by atomic mass is 10.2. The van der Waals surface area contributed by atoms with Gasteiger partial charge in [0.25, 0.3) is 0 Å². The molecule has 0 aliphatic heterocycles. The second kappa shape index (κ2) is 7.68. The zero-order valence-corrected chi connectivity index (χ0v) is 13.7. The zero-order chi connectivity index (χ0) is 15.2. The highest BCUT2D eigenvalue weighted by atomic mass is 35.5. The van der Waals surface area contributed by atoms with E-state index in [1.165, 1.54) is 11.8 Å². The Labute approximate surface area is 133 Å². The predicted molar refractivity (Wildman–Crippen MR) is 86.1 cm³/mol. The molecule has 0 fully saturated rings. The Morgan fingerprint density at radius 1 is 1.43 bits per heavy atom. The van der Waals surface area contributed by atoms with Gasteiger partial charge in [-0.05, 0) is 43.3 Å². The van der Waals surface area contributed by atoms with Crippen LogP contribution in [0, 0.1) is 0 Å². The maximum absolute atomic E-state index is 11.6. The lowest BCUT2D eigenvalue weighted by molar-refractivity contribution is 0.658. The number of rotatable bonds is 7. The second-order valence-corrected chi connectivity index (χ2v) is 5.95. The Morgan fingerprint density at radius 2 is 2.24 bits per heavy atom. The van der Waals surface area contributed by atoms with Crippen molar-refractivity contribution in [3.63, 3.8) is 0 Å². The summed E-state index contributed by atoms with van der Waals surface area (Å²) >= 11 is 7.74. The summed E-state index contributed by atoms with van der Waals surface area (Å²) in [6.45, 7) is 6.32. The van der Waals surface area contributed by atoms with Gasteiger partial charge in [-0.1, -0.05) is 30.7 Å². The molecular weight excluding hydrogens is 308 g/mol. The minimum Gasteiger partial charge on any atom is -0.313 e. The SMILES string of the molecule is CCCNCc1cccc(Cl)c1Sc1n[nH]c(=O)n1CC. The van der Waals surface area contributed by atoms with E-state index in [0.717, 1.165) is 30.0 Å². The normalized spacial score (nSPS) is 11.0. The number of hydrogen-bond acceptors (Lipinski definition) is 4. The van der Waals surface area contributed by atoms with Crippen LogP contribution in [0.4, 0.5) is 0 Å². The van der Waals surface area contributed by atoms with Crippen LogP contribution in [0.15, 0.2) is 33.0 Å². The average Bonchev–Trinajstić information content (AvgIpc) is 2.82. The van der Waals surface area contributed by atoms with Crippen LogP contribution in [0.5, 0.6) is 0 Å². The van der Waals surface area contributed by atoms with Crippen LogP contribution in [-0.2, 0) is 13.1 Å². The van der Waals surface area contributed by atoms with Gasteiger partial charge in [-0.3, -0.25) is 4.57 Å². The molecule has 2 aromatic rings. The Kier molecular flexibility index (Phi) is 5.90. The third-order valence-electron chi connectivity index (χ3n) is 3.02. The van der Waals surface area contributed by atoms with Gasteiger partial charge in [0.1, 0.15) is 0 Å². The molecule has 0 spiro atoms. The van der Waals surface area contributed by atoms with Gasteiger partial charge in [0.05, 0.1) is 5.02 Å². The van der Waals surface area contributed by atoms with Crippen molar-refractivity contribution in [2.45, 2.75) is 43.4 Å². The number of aromatic amines is 1. The Hall–Kier alpha value is -1.24. The Balaban J connectivity index is 2.27. The van der Waals surface area contributed by atoms with E-state index < -0.39 is 0 Å². The maximum atomic E-state index is 11.6. The molecule has 0 bridgehead atoms. The van der Waals surface area contributed by atoms with Gasteiger partial charge in [0, 0.05) is 18.0 Å². The van der Waals surface area contributed by atoms with Crippen molar-refractivity contribution >= 4 is 23.4 Å². The summed E-state index contributed by atoms with van der Waals surface area (Å²) in [6.07, 6.45) is 1.08. The van der Waals surface area contributed by atoms with E-state index in [2.05, 4.69) is 22.4 Å². The largest absolute Gasteiger partial charge is 0.343 e. The van der Waals surface area contributed by atoms with E-state index >= 15 is 0 Å². The molecule has 21 heavy (non-hydrogen) atoms. The van der Waals surface area contributed by atoms with Crippen LogP contribution >= 0.6 is 23.4 Å². The van der Waals surface area contributed by atoms with Crippen molar-refractivity contribution in [1.82, 2.24) is 20.1 Å². The molecule has 1 heterocycles. The van der Waals surface area contributed by atoms with Crippen molar-refractivity contribution < 1.29 is 0 Å².